The molecule has 1 saturated heterocycles. The van der Waals surface area contributed by atoms with Gasteiger partial charge < -0.3 is 9.47 Å². The van der Waals surface area contributed by atoms with Crippen molar-refractivity contribution in [2.45, 2.75) is 11.1 Å². The lowest BCUT2D eigenvalue weighted by Gasteiger charge is -2.26. The SMILES string of the molecule is O=C(Nc1cccc(S(=O)(=O)N2CCOCC2)c1)Oc1cnn(-c2ccc(Cl)cc2)c1C(F)(F)F. The van der Waals surface area contributed by atoms with Crippen LogP contribution >= 0.6 is 11.6 Å². The summed E-state index contributed by atoms with van der Waals surface area (Å²) in [4.78, 5) is 12.3. The van der Waals surface area contributed by atoms with Crippen LogP contribution in [0, 0.1) is 0 Å². The van der Waals surface area contributed by atoms with E-state index in [0.29, 0.717) is 9.70 Å². The molecule has 0 spiro atoms. The maximum Gasteiger partial charge on any atom is 0.437 e. The largest absolute Gasteiger partial charge is 0.437 e. The Morgan fingerprint density at radius 3 is 2.46 bits per heavy atom. The number of halogens is 4. The van der Waals surface area contributed by atoms with Crippen LogP contribution < -0.4 is 10.1 Å². The van der Waals surface area contributed by atoms with Crippen LogP contribution in [0.2, 0.25) is 5.02 Å². The first-order valence-electron chi connectivity index (χ1n) is 10.1. The number of nitrogens with one attached hydrogen (secondary N) is 1. The molecule has 1 aliphatic rings. The Morgan fingerprint density at radius 2 is 1.80 bits per heavy atom. The Bertz CT molecular complexity index is 1320. The molecule has 1 N–H and O–H groups in total. The highest BCUT2D eigenvalue weighted by molar-refractivity contribution is 7.89. The van der Waals surface area contributed by atoms with Gasteiger partial charge in [0.05, 0.1) is 30.0 Å². The van der Waals surface area contributed by atoms with Crippen LogP contribution in [0.4, 0.5) is 23.7 Å². The van der Waals surface area contributed by atoms with Crippen molar-refractivity contribution >= 4 is 33.4 Å². The highest BCUT2D eigenvalue weighted by atomic mass is 35.5. The van der Waals surface area contributed by atoms with Crippen molar-refractivity contribution in [3.63, 3.8) is 0 Å². The monoisotopic (exact) mass is 530 g/mol. The van der Waals surface area contributed by atoms with Gasteiger partial charge in [0.1, 0.15) is 0 Å². The average molecular weight is 531 g/mol. The van der Waals surface area contributed by atoms with Gasteiger partial charge in [-0.2, -0.15) is 22.6 Å². The molecule has 186 valence electrons. The lowest BCUT2D eigenvalue weighted by molar-refractivity contribution is -0.143. The lowest BCUT2D eigenvalue weighted by Crippen LogP contribution is -2.40. The van der Waals surface area contributed by atoms with Crippen molar-refractivity contribution in [1.29, 1.82) is 0 Å². The number of morpholine rings is 1. The number of aromatic nitrogens is 2. The molecule has 0 unspecified atom stereocenters. The Balaban J connectivity index is 1.54. The van der Waals surface area contributed by atoms with E-state index in [1.54, 1.807) is 0 Å². The van der Waals surface area contributed by atoms with Crippen LogP contribution in [0.5, 0.6) is 5.75 Å². The fourth-order valence-electron chi connectivity index (χ4n) is 3.36. The van der Waals surface area contributed by atoms with Crippen LogP contribution in [0.1, 0.15) is 5.69 Å². The summed E-state index contributed by atoms with van der Waals surface area (Å²) < 4.78 is 78.8. The van der Waals surface area contributed by atoms with Crippen LogP contribution in [-0.4, -0.2) is 54.9 Å². The number of ether oxygens (including phenoxy) is 2. The molecule has 2 heterocycles. The summed E-state index contributed by atoms with van der Waals surface area (Å²) in [6, 6.07) is 10.7. The topological polar surface area (TPSA) is 103 Å². The van der Waals surface area contributed by atoms with Crippen molar-refractivity contribution < 1.29 is 35.9 Å². The van der Waals surface area contributed by atoms with Gasteiger partial charge in [0, 0.05) is 23.8 Å². The van der Waals surface area contributed by atoms with Crippen molar-refractivity contribution in [2.75, 3.05) is 31.6 Å². The summed E-state index contributed by atoms with van der Waals surface area (Å²) in [5, 5.41) is 6.27. The van der Waals surface area contributed by atoms with Crippen LogP contribution in [0.3, 0.4) is 0 Å². The van der Waals surface area contributed by atoms with Crippen LogP contribution in [-0.2, 0) is 20.9 Å². The second-order valence-corrected chi connectivity index (χ2v) is 9.68. The predicted octanol–water partition coefficient (Wildman–Crippen LogP) is 4.18. The molecule has 1 aliphatic heterocycles. The summed E-state index contributed by atoms with van der Waals surface area (Å²) in [6.45, 7) is 0.878. The Morgan fingerprint density at radius 1 is 1.11 bits per heavy atom. The maximum absolute atomic E-state index is 13.8. The van der Waals surface area contributed by atoms with E-state index < -0.39 is 33.7 Å². The van der Waals surface area contributed by atoms with E-state index in [-0.39, 0.29) is 42.6 Å². The molecule has 0 aliphatic carbocycles. The quantitative estimate of drug-likeness (QED) is 0.531. The van der Waals surface area contributed by atoms with E-state index in [0.717, 1.165) is 6.20 Å². The number of sulfonamides is 1. The molecule has 0 atom stereocenters. The molecule has 0 radical (unpaired) electrons. The molecule has 3 aromatic rings. The van der Waals surface area contributed by atoms with E-state index in [1.165, 1.54) is 52.8 Å². The molecule has 14 heteroatoms. The first kappa shape index (κ1) is 25.0. The number of rotatable bonds is 5. The molecule has 0 saturated carbocycles. The number of anilines is 1. The zero-order valence-electron chi connectivity index (χ0n) is 17.8. The van der Waals surface area contributed by atoms with Gasteiger partial charge in [0.25, 0.3) is 0 Å². The van der Waals surface area contributed by atoms with Gasteiger partial charge in [0.2, 0.25) is 10.0 Å². The number of carbonyl (C=O) groups is 1. The predicted molar refractivity (Wildman–Crippen MR) is 119 cm³/mol. The van der Waals surface area contributed by atoms with E-state index in [1.807, 2.05) is 0 Å². The minimum atomic E-state index is -4.90. The number of hydrogen-bond acceptors (Lipinski definition) is 6. The van der Waals surface area contributed by atoms with Crippen molar-refractivity contribution in [3.8, 4) is 11.4 Å². The number of alkyl halides is 3. The van der Waals surface area contributed by atoms with Gasteiger partial charge in [-0.25, -0.2) is 17.9 Å². The molecule has 2 aromatic carbocycles. The van der Waals surface area contributed by atoms with Gasteiger partial charge >= 0.3 is 12.3 Å². The second kappa shape index (κ2) is 9.85. The van der Waals surface area contributed by atoms with Gasteiger partial charge in [0.15, 0.2) is 11.4 Å². The third-order valence-corrected chi connectivity index (χ3v) is 7.11. The summed E-state index contributed by atoms with van der Waals surface area (Å²) in [7, 11) is -3.85. The average Bonchev–Trinajstić information content (AvgIpc) is 3.24. The van der Waals surface area contributed by atoms with Crippen LogP contribution in [0.25, 0.3) is 5.69 Å². The molecular formula is C21H18ClF3N4O5S. The van der Waals surface area contributed by atoms with Gasteiger partial charge in [-0.15, -0.1) is 0 Å². The molecule has 35 heavy (non-hydrogen) atoms. The Hall–Kier alpha value is -3.13. The maximum atomic E-state index is 13.8. The zero-order valence-corrected chi connectivity index (χ0v) is 19.4. The molecular weight excluding hydrogens is 513 g/mol. The van der Waals surface area contributed by atoms with Crippen LogP contribution in [0.15, 0.2) is 59.6 Å². The second-order valence-electron chi connectivity index (χ2n) is 7.30. The third-order valence-electron chi connectivity index (χ3n) is 4.97. The van der Waals surface area contributed by atoms with Gasteiger partial charge in [-0.1, -0.05) is 17.7 Å². The number of amides is 1. The standard InChI is InChI=1S/C21H18ClF3N4O5S/c22-14-4-6-16(7-5-14)29-19(21(23,24)25)18(13-26-29)34-20(30)27-15-2-1-3-17(12-15)35(31,32)28-8-10-33-11-9-28/h1-7,12-13H,8-11H2,(H,27,30). The molecule has 1 amide bonds. The third kappa shape index (κ3) is 5.59. The van der Waals surface area contributed by atoms with E-state index in [2.05, 4.69) is 10.4 Å². The summed E-state index contributed by atoms with van der Waals surface area (Å²) in [5.74, 6) is -0.831. The van der Waals surface area contributed by atoms with Crippen molar-refractivity contribution in [1.82, 2.24) is 14.1 Å². The minimum absolute atomic E-state index is 0.0167. The fraction of sp³-hybridized carbons (Fsp3) is 0.238. The minimum Gasteiger partial charge on any atom is -0.406 e. The first-order chi connectivity index (χ1) is 16.6. The summed E-state index contributed by atoms with van der Waals surface area (Å²) in [6.07, 6.45) is -5.40. The Labute approximate surface area is 203 Å². The highest BCUT2D eigenvalue weighted by Crippen LogP contribution is 2.38. The molecule has 4 rings (SSSR count). The molecule has 9 nitrogen and oxygen atoms in total. The van der Waals surface area contributed by atoms with Gasteiger partial charge in [-0.05, 0) is 42.5 Å². The van der Waals surface area contributed by atoms with Crippen molar-refractivity contribution in [2.24, 2.45) is 0 Å². The first-order valence-corrected chi connectivity index (χ1v) is 12.0. The smallest absolute Gasteiger partial charge is 0.406 e. The fourth-order valence-corrected chi connectivity index (χ4v) is 4.94. The zero-order chi connectivity index (χ0) is 25.2. The Kier molecular flexibility index (Phi) is 7.03. The summed E-state index contributed by atoms with van der Waals surface area (Å²) in [5.41, 5.74) is -1.24. The van der Waals surface area contributed by atoms with E-state index in [9.17, 15) is 26.4 Å². The lowest BCUT2D eigenvalue weighted by atomic mass is 10.3. The van der Waals surface area contributed by atoms with E-state index in [4.69, 9.17) is 21.1 Å². The highest BCUT2D eigenvalue weighted by Gasteiger charge is 2.40. The van der Waals surface area contributed by atoms with Gasteiger partial charge in [-0.3, -0.25) is 5.32 Å². The molecule has 1 aromatic heterocycles. The number of carbonyl (C=O) groups excluding carboxylic acids is 1. The number of hydrogen-bond donors (Lipinski definition) is 1. The summed E-state index contributed by atoms with van der Waals surface area (Å²) >= 11 is 5.79. The number of benzene rings is 2. The molecule has 0 bridgehead atoms. The number of nitrogens with zero attached hydrogens (tertiary/aromatic N) is 3. The van der Waals surface area contributed by atoms with E-state index >= 15 is 0 Å². The molecule has 1 fully saturated rings. The van der Waals surface area contributed by atoms with Crippen molar-refractivity contribution in [3.05, 3.63) is 65.4 Å². The normalized spacial score (nSPS) is 15.1.